The van der Waals surface area contributed by atoms with Crippen LogP contribution in [0.1, 0.15) is 20.7 Å². The fourth-order valence-corrected chi connectivity index (χ4v) is 3.99. The number of hydrogen-bond acceptors (Lipinski definition) is 3. The standard InChI is InChI=1S/C26H16Br2O5/c27-18-7-1-15(2-8-18)16-5-11-20(12-6-16)33-22-14-13-21(25(29)30)23(24(22)26(31)32)17-3-9-19(28)10-4-17/h1-14H,(H,29,30)(H,31,32). The van der Waals surface area contributed by atoms with Gasteiger partial charge in [-0.3, -0.25) is 0 Å². The highest BCUT2D eigenvalue weighted by Gasteiger charge is 2.25. The van der Waals surface area contributed by atoms with Crippen molar-refractivity contribution in [3.8, 4) is 33.8 Å². The highest BCUT2D eigenvalue weighted by Crippen LogP contribution is 2.37. The maximum atomic E-state index is 12.2. The second-order valence-electron chi connectivity index (χ2n) is 7.11. The molecule has 0 fully saturated rings. The van der Waals surface area contributed by atoms with Gasteiger partial charge in [-0.15, -0.1) is 0 Å². The van der Waals surface area contributed by atoms with Crippen LogP contribution in [0.15, 0.2) is 93.9 Å². The third kappa shape index (κ3) is 4.99. The first-order valence-corrected chi connectivity index (χ1v) is 11.4. The topological polar surface area (TPSA) is 83.8 Å². The van der Waals surface area contributed by atoms with Gasteiger partial charge in [0.15, 0.2) is 0 Å². The quantitative estimate of drug-likeness (QED) is 0.249. The summed E-state index contributed by atoms with van der Waals surface area (Å²) < 4.78 is 7.69. The Bertz CT molecular complexity index is 1330. The highest BCUT2D eigenvalue weighted by molar-refractivity contribution is 9.10. The molecule has 4 aromatic rings. The van der Waals surface area contributed by atoms with Crippen LogP contribution in [-0.2, 0) is 0 Å². The molecular weight excluding hydrogens is 552 g/mol. The van der Waals surface area contributed by atoms with E-state index in [4.69, 9.17) is 4.74 Å². The zero-order chi connectivity index (χ0) is 23.5. The van der Waals surface area contributed by atoms with Crippen LogP contribution in [0.25, 0.3) is 22.3 Å². The minimum atomic E-state index is -1.28. The van der Waals surface area contributed by atoms with E-state index in [1.165, 1.54) is 12.1 Å². The average Bonchev–Trinajstić information content (AvgIpc) is 2.80. The summed E-state index contributed by atoms with van der Waals surface area (Å²) in [5.41, 5.74) is 2.22. The van der Waals surface area contributed by atoms with E-state index in [1.54, 1.807) is 36.4 Å². The van der Waals surface area contributed by atoms with Gasteiger partial charge in [0.05, 0.1) is 5.56 Å². The first-order chi connectivity index (χ1) is 15.8. The van der Waals surface area contributed by atoms with E-state index in [2.05, 4.69) is 31.9 Å². The summed E-state index contributed by atoms with van der Waals surface area (Å²) in [5, 5.41) is 19.7. The van der Waals surface area contributed by atoms with E-state index >= 15 is 0 Å². The lowest BCUT2D eigenvalue weighted by molar-refractivity contribution is 0.0694. The van der Waals surface area contributed by atoms with Crippen molar-refractivity contribution in [1.29, 1.82) is 0 Å². The number of rotatable bonds is 6. The van der Waals surface area contributed by atoms with E-state index in [1.807, 2.05) is 36.4 Å². The normalized spacial score (nSPS) is 10.6. The first-order valence-electron chi connectivity index (χ1n) is 9.77. The minimum Gasteiger partial charge on any atom is -0.478 e. The van der Waals surface area contributed by atoms with Crippen LogP contribution in [-0.4, -0.2) is 22.2 Å². The molecule has 0 saturated carbocycles. The fraction of sp³-hybridized carbons (Fsp3) is 0. The van der Waals surface area contributed by atoms with Gasteiger partial charge in [0.25, 0.3) is 0 Å². The van der Waals surface area contributed by atoms with Gasteiger partial charge in [0.2, 0.25) is 0 Å². The molecule has 0 amide bonds. The molecule has 5 nitrogen and oxygen atoms in total. The van der Waals surface area contributed by atoms with E-state index < -0.39 is 11.9 Å². The molecule has 7 heteroatoms. The van der Waals surface area contributed by atoms with Crippen LogP contribution < -0.4 is 4.74 Å². The fourth-order valence-electron chi connectivity index (χ4n) is 3.46. The molecule has 2 N–H and O–H groups in total. The Kier molecular flexibility index (Phi) is 6.62. The maximum Gasteiger partial charge on any atom is 0.340 e. The van der Waals surface area contributed by atoms with Crippen LogP contribution >= 0.6 is 31.9 Å². The molecule has 0 heterocycles. The molecule has 0 aromatic heterocycles. The summed E-state index contributed by atoms with van der Waals surface area (Å²) >= 11 is 6.76. The maximum absolute atomic E-state index is 12.2. The Morgan fingerprint density at radius 2 is 1.09 bits per heavy atom. The summed E-state index contributed by atoms with van der Waals surface area (Å²) in [6.45, 7) is 0. The van der Waals surface area contributed by atoms with E-state index in [-0.39, 0.29) is 22.4 Å². The van der Waals surface area contributed by atoms with Gasteiger partial charge in [0.1, 0.15) is 17.1 Å². The molecule has 4 aromatic carbocycles. The Labute approximate surface area is 206 Å². The van der Waals surface area contributed by atoms with E-state index in [9.17, 15) is 19.8 Å². The number of benzene rings is 4. The molecule has 0 aliphatic carbocycles. The number of hydrogen-bond donors (Lipinski definition) is 2. The zero-order valence-corrected chi connectivity index (χ0v) is 20.1. The predicted molar refractivity (Wildman–Crippen MR) is 133 cm³/mol. The Morgan fingerprint density at radius 1 is 0.606 bits per heavy atom. The second kappa shape index (κ2) is 9.60. The third-order valence-electron chi connectivity index (χ3n) is 5.00. The van der Waals surface area contributed by atoms with Crippen LogP contribution in [0, 0.1) is 0 Å². The molecule has 0 unspecified atom stereocenters. The van der Waals surface area contributed by atoms with Crippen molar-refractivity contribution in [2.75, 3.05) is 0 Å². The number of carboxylic acids is 2. The number of carboxylic acid groups (broad SMARTS) is 2. The molecule has 0 atom stereocenters. The monoisotopic (exact) mass is 566 g/mol. The summed E-state index contributed by atoms with van der Waals surface area (Å²) in [5.74, 6) is -2.01. The van der Waals surface area contributed by atoms with E-state index in [0.29, 0.717) is 11.3 Å². The van der Waals surface area contributed by atoms with E-state index in [0.717, 1.165) is 20.1 Å². The third-order valence-corrected chi connectivity index (χ3v) is 6.06. The van der Waals surface area contributed by atoms with Crippen molar-refractivity contribution in [3.05, 3.63) is 105 Å². The lowest BCUT2D eigenvalue weighted by Gasteiger charge is -2.16. The molecule has 0 aliphatic rings. The summed E-state index contributed by atoms with van der Waals surface area (Å²) in [6, 6.07) is 24.6. The second-order valence-corrected chi connectivity index (χ2v) is 8.94. The first kappa shape index (κ1) is 22.8. The SMILES string of the molecule is O=C(O)c1ccc(Oc2ccc(-c3ccc(Br)cc3)cc2)c(C(=O)O)c1-c1ccc(Br)cc1. The number of carbonyl (C=O) groups is 2. The molecule has 4 rings (SSSR count). The smallest absolute Gasteiger partial charge is 0.340 e. The molecule has 0 spiro atoms. The minimum absolute atomic E-state index is 0.0572. The lowest BCUT2D eigenvalue weighted by Crippen LogP contribution is -2.09. The van der Waals surface area contributed by atoms with Crippen LogP contribution in [0.4, 0.5) is 0 Å². The number of ether oxygens (including phenoxy) is 1. The molecule has 0 saturated heterocycles. The Hall–Kier alpha value is -3.42. The highest BCUT2D eigenvalue weighted by atomic mass is 79.9. The Morgan fingerprint density at radius 3 is 1.58 bits per heavy atom. The molecule has 0 radical (unpaired) electrons. The van der Waals surface area contributed by atoms with Gasteiger partial charge in [-0.05, 0) is 65.2 Å². The van der Waals surface area contributed by atoms with Crippen molar-refractivity contribution < 1.29 is 24.5 Å². The van der Waals surface area contributed by atoms with Crippen LogP contribution in [0.3, 0.4) is 0 Å². The van der Waals surface area contributed by atoms with Crippen LogP contribution in [0.2, 0.25) is 0 Å². The van der Waals surface area contributed by atoms with Gasteiger partial charge in [0, 0.05) is 14.5 Å². The average molecular weight is 568 g/mol. The van der Waals surface area contributed by atoms with Gasteiger partial charge in [-0.25, -0.2) is 9.59 Å². The molecular formula is C26H16Br2O5. The summed E-state index contributed by atoms with van der Waals surface area (Å²) in [4.78, 5) is 24.1. The van der Waals surface area contributed by atoms with Gasteiger partial charge in [-0.1, -0.05) is 68.3 Å². The van der Waals surface area contributed by atoms with Crippen molar-refractivity contribution in [1.82, 2.24) is 0 Å². The Balaban J connectivity index is 1.75. The van der Waals surface area contributed by atoms with Gasteiger partial charge >= 0.3 is 11.9 Å². The number of aromatic carboxylic acids is 2. The summed E-state index contributed by atoms with van der Waals surface area (Å²) in [7, 11) is 0. The van der Waals surface area contributed by atoms with Crippen molar-refractivity contribution in [2.45, 2.75) is 0 Å². The van der Waals surface area contributed by atoms with Crippen molar-refractivity contribution in [2.24, 2.45) is 0 Å². The van der Waals surface area contributed by atoms with Gasteiger partial charge < -0.3 is 14.9 Å². The van der Waals surface area contributed by atoms with Crippen molar-refractivity contribution in [3.63, 3.8) is 0 Å². The zero-order valence-electron chi connectivity index (χ0n) is 17.0. The lowest BCUT2D eigenvalue weighted by atomic mass is 9.93. The summed E-state index contributed by atoms with van der Waals surface area (Å²) in [6.07, 6.45) is 0. The van der Waals surface area contributed by atoms with Gasteiger partial charge in [-0.2, -0.15) is 0 Å². The molecule has 33 heavy (non-hydrogen) atoms. The molecule has 0 aliphatic heterocycles. The largest absolute Gasteiger partial charge is 0.478 e. The predicted octanol–water partition coefficient (Wildman–Crippen LogP) is 7.73. The van der Waals surface area contributed by atoms with Crippen LogP contribution in [0.5, 0.6) is 11.5 Å². The number of halogens is 2. The molecule has 0 bridgehead atoms. The molecule has 164 valence electrons. The van der Waals surface area contributed by atoms with Crippen molar-refractivity contribution >= 4 is 43.8 Å².